The zero-order valence-electron chi connectivity index (χ0n) is 39.1. The van der Waals surface area contributed by atoms with Gasteiger partial charge in [0, 0.05) is 43.2 Å². The van der Waals surface area contributed by atoms with Crippen LogP contribution in [0.2, 0.25) is 0 Å². The van der Waals surface area contributed by atoms with Crippen LogP contribution in [0.15, 0.2) is 133 Å². The van der Waals surface area contributed by atoms with Crippen molar-refractivity contribution in [3.8, 4) is 23.0 Å². The second-order valence-electron chi connectivity index (χ2n) is 17.9. The maximum Gasteiger partial charge on any atom is 0.416 e. The van der Waals surface area contributed by atoms with Gasteiger partial charge in [0.05, 0.1) is 29.7 Å². The molecule has 0 bridgehead atoms. The van der Waals surface area contributed by atoms with Crippen LogP contribution in [0.5, 0.6) is 23.0 Å². The number of rotatable bonds is 20. The zero-order chi connectivity index (χ0) is 47.8. The zero-order valence-corrected chi connectivity index (χ0v) is 39.1. The quantitative estimate of drug-likeness (QED) is 0.0332. The standard InChI is InChI=1S/C55H61N3O10/c1-5-30-64-55-51(57(35-40-17-13-16-38-14-7-8-18-45(38)40)54(61)67-42-24-21-41(22-25-42)58(62)63)34-49(56-65-6-2)47-32-39(15-9-11-28-59)46(19-10-12-29-60)52(53(47)55)48-33-44(26-27-50(48)68-55)66-43-23-20-36(3)37(4)31-43/h5,7-8,13-14,16-18,20-27,31-33,39,46,51-53,59-60H,1,6,9-12,15,19,28-30,34-35H2,2-4H3/t39-,46+,51-,52+,53+,55+/m0/s1. The second kappa shape index (κ2) is 21.6. The fourth-order valence-electron chi connectivity index (χ4n) is 10.5. The summed E-state index contributed by atoms with van der Waals surface area (Å²) in [5.41, 5.74) is 5.45. The Balaban J connectivity index is 1.35. The average molecular weight is 924 g/mol. The highest BCUT2D eigenvalue weighted by atomic mass is 16.7. The van der Waals surface area contributed by atoms with Gasteiger partial charge in [0.15, 0.2) is 0 Å². The molecular weight excluding hydrogens is 863 g/mol. The van der Waals surface area contributed by atoms with Crippen molar-refractivity contribution in [3.05, 3.63) is 160 Å². The van der Waals surface area contributed by atoms with E-state index in [0.29, 0.717) is 42.4 Å². The molecular formula is C55H61N3O10. The summed E-state index contributed by atoms with van der Waals surface area (Å²) in [5, 5.41) is 38.4. The van der Waals surface area contributed by atoms with Gasteiger partial charge in [-0.25, -0.2) is 4.79 Å². The van der Waals surface area contributed by atoms with Gasteiger partial charge >= 0.3 is 6.09 Å². The summed E-state index contributed by atoms with van der Waals surface area (Å²) in [4.78, 5) is 34.0. The number of nitro groups is 1. The molecule has 5 aromatic carbocycles. The molecule has 13 nitrogen and oxygen atoms in total. The number of non-ortho nitro benzene ring substituents is 1. The Morgan fingerprint density at radius 1 is 0.912 bits per heavy atom. The molecule has 1 saturated carbocycles. The first-order valence-electron chi connectivity index (χ1n) is 23.7. The van der Waals surface area contributed by atoms with Gasteiger partial charge in [0.2, 0.25) is 5.79 Å². The van der Waals surface area contributed by atoms with Gasteiger partial charge in [-0.3, -0.25) is 15.0 Å². The van der Waals surface area contributed by atoms with Crippen LogP contribution < -0.4 is 14.2 Å². The van der Waals surface area contributed by atoms with Crippen molar-refractivity contribution in [1.29, 1.82) is 0 Å². The Morgan fingerprint density at radius 2 is 1.63 bits per heavy atom. The van der Waals surface area contributed by atoms with Crippen LogP contribution >= 0.6 is 0 Å². The molecule has 2 N–H and O–H groups in total. The lowest BCUT2D eigenvalue weighted by atomic mass is 9.55. The largest absolute Gasteiger partial charge is 0.459 e. The number of amides is 1. The highest BCUT2D eigenvalue weighted by molar-refractivity contribution is 6.03. The lowest BCUT2D eigenvalue weighted by Crippen LogP contribution is -2.70. The number of allylic oxidation sites excluding steroid dienone is 1. The number of aliphatic hydroxyl groups is 2. The van der Waals surface area contributed by atoms with E-state index in [1.165, 1.54) is 24.3 Å². The Kier molecular flexibility index (Phi) is 15.2. The molecule has 6 atom stereocenters. The van der Waals surface area contributed by atoms with E-state index in [1.54, 1.807) is 11.0 Å². The van der Waals surface area contributed by atoms with Crippen molar-refractivity contribution in [1.82, 2.24) is 4.90 Å². The number of nitro benzene ring substituents is 1. The summed E-state index contributed by atoms with van der Waals surface area (Å²) < 4.78 is 27.4. The van der Waals surface area contributed by atoms with Crippen LogP contribution in [0, 0.1) is 41.7 Å². The monoisotopic (exact) mass is 923 g/mol. The molecule has 5 aromatic rings. The van der Waals surface area contributed by atoms with Gasteiger partial charge in [-0.2, -0.15) is 0 Å². The van der Waals surface area contributed by atoms with Gasteiger partial charge < -0.3 is 34.0 Å². The third-order valence-corrected chi connectivity index (χ3v) is 13.7. The number of hydrogen-bond acceptors (Lipinski definition) is 11. The topological polar surface area (TPSA) is 162 Å². The summed E-state index contributed by atoms with van der Waals surface area (Å²) in [6.07, 6.45) is 7.80. The number of hydrogen-bond donors (Lipinski definition) is 2. The summed E-state index contributed by atoms with van der Waals surface area (Å²) in [6.45, 7) is 10.6. The van der Waals surface area contributed by atoms with Crippen LogP contribution in [0.3, 0.4) is 0 Å². The van der Waals surface area contributed by atoms with Crippen LogP contribution in [-0.4, -0.2) is 70.1 Å². The fourth-order valence-corrected chi connectivity index (χ4v) is 10.5. The molecule has 1 amide bonds. The lowest BCUT2D eigenvalue weighted by molar-refractivity contribution is -0.384. The molecule has 3 aliphatic rings. The molecule has 0 spiro atoms. The molecule has 8 rings (SSSR count). The third kappa shape index (κ3) is 10.0. The van der Waals surface area contributed by atoms with Gasteiger partial charge in [-0.05, 0) is 134 Å². The molecule has 2 aliphatic carbocycles. The minimum Gasteiger partial charge on any atom is -0.459 e. The first-order valence-corrected chi connectivity index (χ1v) is 23.7. The lowest BCUT2D eigenvalue weighted by Gasteiger charge is -2.59. The minimum absolute atomic E-state index is 0.00844. The minimum atomic E-state index is -1.57. The highest BCUT2D eigenvalue weighted by Crippen LogP contribution is 2.62. The summed E-state index contributed by atoms with van der Waals surface area (Å²) in [6, 6.07) is 30.4. The number of ether oxygens (including phenoxy) is 4. The molecule has 68 heavy (non-hydrogen) atoms. The Labute approximate surface area is 397 Å². The van der Waals surface area contributed by atoms with Gasteiger partial charge in [0.1, 0.15) is 35.6 Å². The fraction of sp³-hybridized carbons (Fsp3) is 0.382. The first kappa shape index (κ1) is 47.9. The van der Waals surface area contributed by atoms with Crippen molar-refractivity contribution in [3.63, 3.8) is 0 Å². The number of nitrogens with zero attached hydrogens (tertiary/aromatic N) is 3. The predicted octanol–water partition coefficient (Wildman–Crippen LogP) is 11.5. The second-order valence-corrected chi connectivity index (χ2v) is 17.9. The number of fused-ring (bicyclic) bond motifs is 3. The van der Waals surface area contributed by atoms with E-state index in [0.717, 1.165) is 64.3 Å². The van der Waals surface area contributed by atoms with Crippen molar-refractivity contribution in [2.45, 2.75) is 90.0 Å². The van der Waals surface area contributed by atoms with E-state index < -0.39 is 28.8 Å². The highest BCUT2D eigenvalue weighted by Gasteiger charge is 2.66. The van der Waals surface area contributed by atoms with Crippen LogP contribution in [-0.2, 0) is 16.1 Å². The molecule has 1 heterocycles. The summed E-state index contributed by atoms with van der Waals surface area (Å²) in [7, 11) is 0. The Bertz CT molecular complexity index is 2660. The molecule has 13 heteroatoms. The molecule has 356 valence electrons. The van der Waals surface area contributed by atoms with Crippen LogP contribution in [0.1, 0.15) is 80.0 Å². The number of benzene rings is 5. The number of aliphatic hydroxyl groups excluding tert-OH is 2. The number of carbonyl (C=O) groups is 1. The number of carbonyl (C=O) groups excluding carboxylic acids is 1. The number of unbranched alkanes of at least 4 members (excludes halogenated alkanes) is 2. The Morgan fingerprint density at radius 3 is 2.37 bits per heavy atom. The molecule has 1 fully saturated rings. The van der Waals surface area contributed by atoms with E-state index in [4.69, 9.17) is 28.9 Å². The maximum atomic E-state index is 15.3. The van der Waals surface area contributed by atoms with Gasteiger partial charge in [-0.1, -0.05) is 78.7 Å². The average Bonchev–Trinajstić information content (AvgIpc) is 3.34. The molecule has 0 saturated heterocycles. The van der Waals surface area contributed by atoms with Crippen molar-refractivity contribution in [2.75, 3.05) is 26.4 Å². The number of aryl methyl sites for hydroxylation is 2. The van der Waals surface area contributed by atoms with E-state index >= 15 is 4.79 Å². The van der Waals surface area contributed by atoms with E-state index in [-0.39, 0.29) is 62.0 Å². The smallest absolute Gasteiger partial charge is 0.416 e. The SMILES string of the molecule is C=CCO[C@@]12Oc3ccc(Oc4ccc(C)c(C)c4)cc3[C@H]3[C@H](CCCCO)[C@@H](CCCCO)C=C(C(=NOCC)C[C@@H]1N(Cc1cccc4ccccc14)C(=O)Oc1ccc([N+](=O)[O-])cc1)[C@H]32. The predicted molar refractivity (Wildman–Crippen MR) is 261 cm³/mol. The number of oxime groups is 1. The van der Waals surface area contributed by atoms with Crippen LogP contribution in [0.4, 0.5) is 10.5 Å². The molecule has 0 unspecified atom stereocenters. The van der Waals surface area contributed by atoms with Crippen molar-refractivity contribution >= 4 is 28.3 Å². The molecule has 1 aliphatic heterocycles. The summed E-state index contributed by atoms with van der Waals surface area (Å²) in [5.74, 6) is -0.351. The normalized spacial score (nSPS) is 22.0. The van der Waals surface area contributed by atoms with Crippen molar-refractivity contribution < 1.29 is 43.7 Å². The van der Waals surface area contributed by atoms with E-state index in [9.17, 15) is 20.3 Å². The Hall–Kier alpha value is -6.54. The third-order valence-electron chi connectivity index (χ3n) is 13.7. The van der Waals surface area contributed by atoms with E-state index in [2.05, 4.69) is 32.6 Å². The first-order chi connectivity index (χ1) is 33.1. The maximum absolute atomic E-state index is 15.3. The molecule has 0 radical (unpaired) electrons. The van der Waals surface area contributed by atoms with Gasteiger partial charge in [-0.15, -0.1) is 6.58 Å². The van der Waals surface area contributed by atoms with Crippen LogP contribution in [0.25, 0.3) is 10.8 Å². The van der Waals surface area contributed by atoms with E-state index in [1.807, 2.05) is 79.7 Å². The van der Waals surface area contributed by atoms with Gasteiger partial charge in [0.25, 0.3) is 5.69 Å². The summed E-state index contributed by atoms with van der Waals surface area (Å²) >= 11 is 0. The molecule has 0 aromatic heterocycles. The van der Waals surface area contributed by atoms with Crippen molar-refractivity contribution in [2.24, 2.45) is 22.9 Å².